The van der Waals surface area contributed by atoms with Crippen LogP contribution in [0.4, 0.5) is 11.9 Å². The minimum Gasteiger partial charge on any atom is -0.594 e. The molecule has 0 fully saturated rings. The molecule has 0 amide bonds. The first-order valence-electron chi connectivity index (χ1n) is 15.7. The first-order valence-corrected chi connectivity index (χ1v) is 15.7. The van der Waals surface area contributed by atoms with Gasteiger partial charge < -0.3 is 15.8 Å². The van der Waals surface area contributed by atoms with Crippen molar-refractivity contribution in [1.82, 2.24) is 45.7 Å². The normalized spacial score (nSPS) is 12.2. The van der Waals surface area contributed by atoms with Gasteiger partial charge in [0.1, 0.15) is 11.0 Å². The number of H-pyrrole nitrogens is 2. The topological polar surface area (TPSA) is 173 Å². The molecule has 0 aliphatic rings. The smallest absolute Gasteiger partial charge is 0.291 e. The lowest BCUT2D eigenvalue weighted by atomic mass is 10.1. The van der Waals surface area contributed by atoms with E-state index < -0.39 is 0 Å². The van der Waals surface area contributed by atoms with E-state index in [4.69, 9.17) is 0 Å². The zero-order valence-electron chi connectivity index (χ0n) is 26.7. The number of nitrogens with one attached hydrogen (secondary N) is 4. The van der Waals surface area contributed by atoms with Crippen molar-refractivity contribution in [3.05, 3.63) is 138 Å². The van der Waals surface area contributed by atoms with Crippen molar-refractivity contribution in [2.75, 3.05) is 10.6 Å². The fourth-order valence-electron chi connectivity index (χ4n) is 5.32. The highest BCUT2D eigenvalue weighted by Gasteiger charge is 2.15. The fraction of sp³-hybridized carbons (Fsp3) is 0.111. The Kier molecular flexibility index (Phi) is 8.78. The van der Waals surface area contributed by atoms with E-state index in [1.807, 2.05) is 92.0 Å². The minimum absolute atomic E-state index is 0.0103. The predicted molar refractivity (Wildman–Crippen MR) is 188 cm³/mol. The summed E-state index contributed by atoms with van der Waals surface area (Å²) in [4.78, 5) is 9.62. The van der Waals surface area contributed by atoms with Gasteiger partial charge in [0.05, 0.1) is 35.1 Å². The molecular formula is C36H32N12O. The third-order valence-corrected chi connectivity index (χ3v) is 8.00. The molecule has 4 aromatic carbocycles. The minimum atomic E-state index is -0.0103. The Bertz CT molecular complexity index is 2280. The number of rotatable bonds is 8. The largest absolute Gasteiger partial charge is 0.594 e. The summed E-state index contributed by atoms with van der Waals surface area (Å²) < 4.78 is 0. The Morgan fingerprint density at radius 2 is 1.14 bits per heavy atom. The van der Waals surface area contributed by atoms with Crippen LogP contribution in [0.15, 0.2) is 122 Å². The third-order valence-electron chi connectivity index (χ3n) is 8.00. The van der Waals surface area contributed by atoms with Crippen LogP contribution in [0.25, 0.3) is 44.3 Å². The van der Waals surface area contributed by atoms with E-state index in [0.717, 1.165) is 38.9 Å². The molecule has 8 rings (SSSR count). The van der Waals surface area contributed by atoms with Gasteiger partial charge in [-0.05, 0) is 59.1 Å². The fourth-order valence-corrected chi connectivity index (χ4v) is 5.32. The molecule has 2 atom stereocenters. The zero-order valence-corrected chi connectivity index (χ0v) is 26.7. The van der Waals surface area contributed by atoms with Crippen LogP contribution in [-0.2, 0) is 0 Å². The molecular weight excluding hydrogens is 616 g/mol. The number of hydrogen-bond donors (Lipinski definition) is 4. The van der Waals surface area contributed by atoms with Gasteiger partial charge in [0, 0.05) is 29.6 Å². The second-order valence-corrected chi connectivity index (χ2v) is 11.4. The number of aromatic amines is 2. The van der Waals surface area contributed by atoms with E-state index in [2.05, 4.69) is 75.3 Å². The van der Waals surface area contributed by atoms with Crippen LogP contribution >= 0.6 is 0 Å². The lowest BCUT2D eigenvalue weighted by Gasteiger charge is -2.13. The van der Waals surface area contributed by atoms with Crippen LogP contribution in [0.1, 0.15) is 37.1 Å². The molecule has 242 valence electrons. The maximum atomic E-state index is 12.3. The molecule has 0 saturated carbocycles. The van der Waals surface area contributed by atoms with Crippen molar-refractivity contribution in [1.29, 1.82) is 0 Å². The van der Waals surface area contributed by atoms with Gasteiger partial charge in [0.2, 0.25) is 5.95 Å². The summed E-state index contributed by atoms with van der Waals surface area (Å²) >= 11 is 0. The van der Waals surface area contributed by atoms with Gasteiger partial charge in [-0.1, -0.05) is 72.8 Å². The van der Waals surface area contributed by atoms with Gasteiger partial charge in [-0.15, -0.1) is 10.2 Å². The third kappa shape index (κ3) is 7.15. The van der Waals surface area contributed by atoms with Gasteiger partial charge in [0.25, 0.3) is 11.5 Å². The average Bonchev–Trinajstić information content (AvgIpc) is 3.89. The Labute approximate surface area is 281 Å². The summed E-state index contributed by atoms with van der Waals surface area (Å²) in [6.07, 6.45) is 7.10. The highest BCUT2D eigenvalue weighted by molar-refractivity contribution is 5.81. The van der Waals surface area contributed by atoms with E-state index in [-0.39, 0.29) is 12.1 Å². The predicted octanol–water partition coefficient (Wildman–Crippen LogP) is 6.41. The van der Waals surface area contributed by atoms with Crippen molar-refractivity contribution in [3.8, 4) is 22.3 Å². The SMILES string of the molecule is C[C@@H](Nc1nc2ccc(-c3cn[nH]c3)cc2[n+]([O-])n1)c1ccccc1.C[C@@H](Nc1nnc2cc(-c3cn[nH]c3)ccc2n1)c1ccccc1. The number of aromatic nitrogens is 10. The maximum Gasteiger partial charge on any atom is 0.291 e. The Balaban J connectivity index is 0.000000154. The van der Waals surface area contributed by atoms with Crippen LogP contribution < -0.4 is 15.5 Å². The summed E-state index contributed by atoms with van der Waals surface area (Å²) in [5.41, 5.74) is 8.66. The molecule has 4 N–H and O–H groups in total. The Hall–Kier alpha value is -6.76. The standard InChI is InChI=1S/C18H16N6O.C18H16N6/c1-12(13-5-3-2-4-6-13)21-18-22-16-8-7-14(15-10-19-20-11-15)9-17(16)24(25)23-18;1-12(13-5-3-2-4-6-13)21-18-22-16-8-7-14(9-17(16)23-24-18)15-10-19-20-11-15/h2-12H,1H3,(H,19,20)(H,21,22,23);2-12H,1H3,(H,19,20)(H,21,22,24)/t2*12-/m11/s1. The molecule has 0 unspecified atom stereocenters. The molecule has 0 aliphatic heterocycles. The van der Waals surface area contributed by atoms with Gasteiger partial charge in [-0.25, -0.2) is 9.97 Å². The molecule has 0 saturated heterocycles. The number of nitrogens with zero attached hydrogens (tertiary/aromatic N) is 8. The molecule has 4 aromatic heterocycles. The quantitative estimate of drug-likeness (QED) is 0.106. The van der Waals surface area contributed by atoms with Crippen molar-refractivity contribution in [2.45, 2.75) is 25.9 Å². The summed E-state index contributed by atoms with van der Waals surface area (Å²) in [6, 6.07) is 31.6. The van der Waals surface area contributed by atoms with Gasteiger partial charge in [-0.2, -0.15) is 10.2 Å². The van der Waals surface area contributed by atoms with E-state index in [1.54, 1.807) is 24.7 Å². The second-order valence-electron chi connectivity index (χ2n) is 11.4. The van der Waals surface area contributed by atoms with Gasteiger partial charge >= 0.3 is 0 Å². The monoisotopic (exact) mass is 648 g/mol. The number of fused-ring (bicyclic) bond motifs is 2. The van der Waals surface area contributed by atoms with Crippen LogP contribution in [0.5, 0.6) is 0 Å². The van der Waals surface area contributed by atoms with E-state index in [0.29, 0.717) is 27.8 Å². The Morgan fingerprint density at radius 3 is 1.73 bits per heavy atom. The zero-order chi connectivity index (χ0) is 33.6. The molecule has 49 heavy (non-hydrogen) atoms. The van der Waals surface area contributed by atoms with Gasteiger partial charge in [-0.3, -0.25) is 10.2 Å². The van der Waals surface area contributed by atoms with Crippen LogP contribution in [0.2, 0.25) is 0 Å². The van der Waals surface area contributed by atoms with Gasteiger partial charge in [0.15, 0.2) is 0 Å². The molecule has 0 bridgehead atoms. The van der Waals surface area contributed by atoms with Crippen LogP contribution in [0, 0.1) is 5.21 Å². The molecule has 4 heterocycles. The van der Waals surface area contributed by atoms with E-state index in [9.17, 15) is 5.21 Å². The lowest BCUT2D eigenvalue weighted by Crippen LogP contribution is -2.34. The summed E-state index contributed by atoms with van der Waals surface area (Å²) in [7, 11) is 0. The Morgan fingerprint density at radius 1 is 0.592 bits per heavy atom. The van der Waals surface area contributed by atoms with Crippen molar-refractivity contribution in [3.63, 3.8) is 0 Å². The molecule has 0 spiro atoms. The molecule has 13 nitrogen and oxygen atoms in total. The molecule has 0 aliphatic carbocycles. The highest BCUT2D eigenvalue weighted by atomic mass is 16.5. The van der Waals surface area contributed by atoms with Crippen LogP contribution in [-0.4, -0.2) is 45.7 Å². The lowest BCUT2D eigenvalue weighted by molar-refractivity contribution is -0.641. The summed E-state index contributed by atoms with van der Waals surface area (Å²) in [6.45, 7) is 4.07. The number of anilines is 2. The molecule has 0 radical (unpaired) electrons. The van der Waals surface area contributed by atoms with E-state index >= 15 is 0 Å². The average molecular weight is 649 g/mol. The van der Waals surface area contributed by atoms with Crippen molar-refractivity contribution < 1.29 is 4.85 Å². The summed E-state index contributed by atoms with van der Waals surface area (Å²) in [5.74, 6) is 0.824. The molecule has 13 heteroatoms. The maximum absolute atomic E-state index is 12.3. The first-order chi connectivity index (χ1) is 24.0. The molecule has 8 aromatic rings. The van der Waals surface area contributed by atoms with E-state index in [1.165, 1.54) is 5.56 Å². The summed E-state index contributed by atoms with van der Waals surface area (Å²) in [5, 5.41) is 44.8. The second kappa shape index (κ2) is 13.9. The first kappa shape index (κ1) is 30.9. The van der Waals surface area contributed by atoms with Crippen molar-refractivity contribution >= 4 is 34.0 Å². The number of hydrogen-bond acceptors (Lipinski definition) is 10. The highest BCUT2D eigenvalue weighted by Crippen LogP contribution is 2.24. The number of benzene rings is 4. The van der Waals surface area contributed by atoms with Crippen molar-refractivity contribution in [2.24, 2.45) is 0 Å². The van der Waals surface area contributed by atoms with Crippen LogP contribution in [0.3, 0.4) is 0 Å².